The van der Waals surface area contributed by atoms with E-state index in [1.165, 1.54) is 6.92 Å². The third-order valence-corrected chi connectivity index (χ3v) is 2.29. The zero-order chi connectivity index (χ0) is 10.9. The van der Waals surface area contributed by atoms with E-state index in [4.69, 9.17) is 0 Å². The summed E-state index contributed by atoms with van der Waals surface area (Å²) in [6.07, 6.45) is 0.438. The lowest BCUT2D eigenvalue weighted by molar-refractivity contribution is -0.177. The van der Waals surface area contributed by atoms with Crippen LogP contribution in [0.5, 0.6) is 0 Å². The normalized spacial score (nSPS) is 25.7. The van der Waals surface area contributed by atoms with E-state index in [2.05, 4.69) is 4.74 Å². The molecule has 2 atom stereocenters. The highest BCUT2D eigenvalue weighted by molar-refractivity contribution is 6.07. The molecule has 1 aliphatic carbocycles. The van der Waals surface area contributed by atoms with Gasteiger partial charge in [0.25, 0.3) is 0 Å². The standard InChI is InChI=1S/C9H12F2O3/c1-3-14-8(13)9(10,11)7(12)6-4-5(6)2/h5-6H,3-4H2,1-2H3. The first-order valence-corrected chi connectivity index (χ1v) is 4.50. The fraction of sp³-hybridized carbons (Fsp3) is 0.778. The molecule has 1 fully saturated rings. The second-order valence-electron chi connectivity index (χ2n) is 3.48. The lowest BCUT2D eigenvalue weighted by Gasteiger charge is -2.12. The summed E-state index contributed by atoms with van der Waals surface area (Å²) in [5.41, 5.74) is 0. The summed E-state index contributed by atoms with van der Waals surface area (Å²) < 4.78 is 30.2. The van der Waals surface area contributed by atoms with E-state index in [0.717, 1.165) is 0 Å². The highest BCUT2D eigenvalue weighted by atomic mass is 19.3. The van der Waals surface area contributed by atoms with Crippen molar-refractivity contribution in [2.75, 3.05) is 6.61 Å². The van der Waals surface area contributed by atoms with E-state index in [1.807, 2.05) is 0 Å². The third kappa shape index (κ3) is 1.91. The van der Waals surface area contributed by atoms with E-state index < -0.39 is 23.6 Å². The predicted octanol–water partition coefficient (Wildman–Crippen LogP) is 1.41. The first kappa shape index (κ1) is 11.1. The van der Waals surface area contributed by atoms with Gasteiger partial charge in [0.1, 0.15) is 0 Å². The summed E-state index contributed by atoms with van der Waals surface area (Å²) in [6.45, 7) is 2.96. The quantitative estimate of drug-likeness (QED) is 0.516. The van der Waals surface area contributed by atoms with Gasteiger partial charge in [-0.05, 0) is 19.3 Å². The molecular weight excluding hydrogens is 194 g/mol. The fourth-order valence-corrected chi connectivity index (χ4v) is 1.24. The molecule has 0 aromatic carbocycles. The molecule has 0 spiro atoms. The number of carbonyl (C=O) groups is 2. The number of Topliss-reactive ketones (excluding diaryl/α,β-unsaturated/α-hetero) is 1. The molecule has 80 valence electrons. The zero-order valence-electron chi connectivity index (χ0n) is 8.05. The highest BCUT2D eigenvalue weighted by Gasteiger charge is 2.56. The first-order chi connectivity index (χ1) is 6.41. The first-order valence-electron chi connectivity index (χ1n) is 4.50. The molecule has 0 aromatic rings. The summed E-state index contributed by atoms with van der Waals surface area (Å²) in [5.74, 6) is -7.71. The van der Waals surface area contributed by atoms with Crippen molar-refractivity contribution in [3.8, 4) is 0 Å². The number of hydrogen-bond acceptors (Lipinski definition) is 3. The molecule has 0 saturated heterocycles. The van der Waals surface area contributed by atoms with Crippen LogP contribution >= 0.6 is 0 Å². The highest BCUT2D eigenvalue weighted by Crippen LogP contribution is 2.42. The maximum absolute atomic E-state index is 13.0. The summed E-state index contributed by atoms with van der Waals surface area (Å²) in [5, 5.41) is 0. The van der Waals surface area contributed by atoms with E-state index in [1.54, 1.807) is 6.92 Å². The van der Waals surface area contributed by atoms with Gasteiger partial charge in [-0.1, -0.05) is 6.92 Å². The maximum Gasteiger partial charge on any atom is 0.400 e. The average molecular weight is 206 g/mol. The molecule has 2 unspecified atom stereocenters. The van der Waals surface area contributed by atoms with Crippen molar-refractivity contribution in [1.82, 2.24) is 0 Å². The van der Waals surface area contributed by atoms with E-state index in [0.29, 0.717) is 6.42 Å². The number of esters is 1. The Morgan fingerprint density at radius 1 is 1.50 bits per heavy atom. The molecule has 0 heterocycles. The van der Waals surface area contributed by atoms with Crippen LogP contribution in [0.1, 0.15) is 20.3 Å². The van der Waals surface area contributed by atoms with Crippen molar-refractivity contribution in [3.05, 3.63) is 0 Å². The number of rotatable bonds is 4. The van der Waals surface area contributed by atoms with Crippen LogP contribution in [0.2, 0.25) is 0 Å². The van der Waals surface area contributed by atoms with Crippen LogP contribution in [-0.2, 0) is 14.3 Å². The minimum absolute atomic E-state index is 0.0391. The molecule has 1 saturated carbocycles. The lowest BCUT2D eigenvalue weighted by Crippen LogP contribution is -2.40. The van der Waals surface area contributed by atoms with Crippen molar-refractivity contribution in [3.63, 3.8) is 0 Å². The van der Waals surface area contributed by atoms with E-state index >= 15 is 0 Å². The molecule has 0 amide bonds. The molecule has 14 heavy (non-hydrogen) atoms. The van der Waals surface area contributed by atoms with Gasteiger partial charge in [-0.15, -0.1) is 0 Å². The monoisotopic (exact) mass is 206 g/mol. The van der Waals surface area contributed by atoms with Crippen molar-refractivity contribution >= 4 is 11.8 Å². The topological polar surface area (TPSA) is 43.4 Å². The van der Waals surface area contributed by atoms with Crippen LogP contribution in [0.15, 0.2) is 0 Å². The molecule has 0 N–H and O–H groups in total. The van der Waals surface area contributed by atoms with Crippen LogP contribution in [-0.4, -0.2) is 24.3 Å². The lowest BCUT2D eigenvalue weighted by atomic mass is 10.1. The van der Waals surface area contributed by atoms with Crippen molar-refractivity contribution < 1.29 is 23.1 Å². The largest absolute Gasteiger partial charge is 0.461 e. The summed E-state index contributed by atoms with van der Waals surface area (Å²) in [6, 6.07) is 0. The predicted molar refractivity (Wildman–Crippen MR) is 43.9 cm³/mol. The van der Waals surface area contributed by atoms with E-state index in [-0.39, 0.29) is 12.5 Å². The summed E-state index contributed by atoms with van der Waals surface area (Å²) >= 11 is 0. The van der Waals surface area contributed by atoms with Gasteiger partial charge in [0, 0.05) is 5.92 Å². The molecule has 0 aliphatic heterocycles. The average Bonchev–Trinajstić information content (AvgIpc) is 2.81. The van der Waals surface area contributed by atoms with E-state index in [9.17, 15) is 18.4 Å². The van der Waals surface area contributed by atoms with Gasteiger partial charge in [0.15, 0.2) is 0 Å². The second kappa shape index (κ2) is 3.63. The van der Waals surface area contributed by atoms with Crippen LogP contribution in [0.3, 0.4) is 0 Å². The maximum atomic E-state index is 13.0. The molecule has 1 rings (SSSR count). The van der Waals surface area contributed by atoms with Gasteiger partial charge < -0.3 is 4.74 Å². The van der Waals surface area contributed by atoms with Crippen molar-refractivity contribution in [2.24, 2.45) is 11.8 Å². The van der Waals surface area contributed by atoms with Crippen LogP contribution < -0.4 is 0 Å². The number of ketones is 1. The van der Waals surface area contributed by atoms with Crippen LogP contribution in [0.25, 0.3) is 0 Å². The Balaban J connectivity index is 2.64. The Morgan fingerprint density at radius 2 is 2.00 bits per heavy atom. The van der Waals surface area contributed by atoms with Gasteiger partial charge in [0.2, 0.25) is 5.78 Å². The van der Waals surface area contributed by atoms with Crippen LogP contribution in [0, 0.1) is 11.8 Å². The minimum Gasteiger partial charge on any atom is -0.461 e. The molecule has 0 radical (unpaired) electrons. The number of halogens is 2. The third-order valence-electron chi connectivity index (χ3n) is 2.29. The SMILES string of the molecule is CCOC(=O)C(F)(F)C(=O)C1CC1C. The summed E-state index contributed by atoms with van der Waals surface area (Å²) in [4.78, 5) is 21.9. The van der Waals surface area contributed by atoms with Crippen molar-refractivity contribution in [2.45, 2.75) is 26.2 Å². The zero-order valence-corrected chi connectivity index (χ0v) is 8.05. The fourth-order valence-electron chi connectivity index (χ4n) is 1.24. The number of hydrogen-bond donors (Lipinski definition) is 0. The molecule has 1 aliphatic rings. The van der Waals surface area contributed by atoms with Gasteiger partial charge in [-0.3, -0.25) is 4.79 Å². The van der Waals surface area contributed by atoms with Gasteiger partial charge in [0.05, 0.1) is 6.61 Å². The smallest absolute Gasteiger partial charge is 0.400 e. The molecule has 0 bridgehead atoms. The number of alkyl halides is 2. The van der Waals surface area contributed by atoms with Crippen molar-refractivity contribution in [1.29, 1.82) is 0 Å². The number of ether oxygens (including phenoxy) is 1. The van der Waals surface area contributed by atoms with Gasteiger partial charge in [-0.2, -0.15) is 8.78 Å². The molecular formula is C9H12F2O3. The Hall–Kier alpha value is -1.00. The summed E-state index contributed by atoms with van der Waals surface area (Å²) in [7, 11) is 0. The Morgan fingerprint density at radius 3 is 2.36 bits per heavy atom. The van der Waals surface area contributed by atoms with Crippen LogP contribution in [0.4, 0.5) is 8.78 Å². The minimum atomic E-state index is -3.97. The number of carbonyl (C=O) groups excluding carboxylic acids is 2. The Labute approximate surface area is 80.4 Å². The second-order valence-corrected chi connectivity index (χ2v) is 3.48. The Bertz CT molecular complexity index is 263. The van der Waals surface area contributed by atoms with Gasteiger partial charge >= 0.3 is 11.9 Å². The molecule has 0 aromatic heterocycles. The Kier molecular flexibility index (Phi) is 2.87. The molecule has 3 nitrogen and oxygen atoms in total. The van der Waals surface area contributed by atoms with Gasteiger partial charge in [-0.25, -0.2) is 4.79 Å². The molecule has 5 heteroatoms.